The molecule has 2 aromatic rings. The van der Waals surface area contributed by atoms with E-state index in [1.807, 2.05) is 19.1 Å². The lowest BCUT2D eigenvalue weighted by molar-refractivity contribution is 0.0940. The highest BCUT2D eigenvalue weighted by atomic mass is 79.9. The van der Waals surface area contributed by atoms with Gasteiger partial charge in [-0.2, -0.15) is 0 Å². The molecule has 0 heterocycles. The molecule has 4 heteroatoms. The average Bonchev–Trinajstić information content (AvgIpc) is 2.40. The number of hydrogen-bond acceptors (Lipinski definition) is 1. The summed E-state index contributed by atoms with van der Waals surface area (Å²) < 4.78 is 13.8. The molecule has 1 amide bonds. The number of benzene rings is 2. The summed E-state index contributed by atoms with van der Waals surface area (Å²) in [5, 5.41) is 2.87. The minimum Gasteiger partial charge on any atom is -0.346 e. The molecule has 0 unspecified atom stereocenters. The Hall–Kier alpha value is -1.68. The lowest BCUT2D eigenvalue weighted by atomic mass is 10.1. The molecule has 2 aromatic carbocycles. The summed E-state index contributed by atoms with van der Waals surface area (Å²) in [5.41, 5.74) is 1.46. The van der Waals surface area contributed by atoms with E-state index in [1.165, 1.54) is 12.1 Å². The molecule has 1 N–H and O–H groups in total. The largest absolute Gasteiger partial charge is 0.346 e. The van der Waals surface area contributed by atoms with Crippen LogP contribution in [0.3, 0.4) is 0 Å². The summed E-state index contributed by atoms with van der Waals surface area (Å²) in [4.78, 5) is 12.0. The van der Waals surface area contributed by atoms with Crippen LogP contribution in [0.1, 0.15) is 28.9 Å². The molecule has 2 nitrogen and oxygen atoms in total. The van der Waals surface area contributed by atoms with Gasteiger partial charge in [0, 0.05) is 10.0 Å². The summed E-state index contributed by atoms with van der Waals surface area (Å²) in [7, 11) is 0. The first kappa shape index (κ1) is 13.7. The second-order valence-corrected chi connectivity index (χ2v) is 5.17. The van der Waals surface area contributed by atoms with Gasteiger partial charge >= 0.3 is 0 Å². The Balaban J connectivity index is 2.06. The van der Waals surface area contributed by atoms with Crippen LogP contribution in [0, 0.1) is 5.82 Å². The van der Waals surface area contributed by atoms with E-state index < -0.39 is 0 Å². The van der Waals surface area contributed by atoms with Crippen LogP contribution in [0.2, 0.25) is 0 Å². The third-order valence-corrected chi connectivity index (χ3v) is 3.35. The van der Waals surface area contributed by atoms with E-state index in [4.69, 9.17) is 0 Å². The van der Waals surface area contributed by atoms with Gasteiger partial charge in [-0.3, -0.25) is 4.79 Å². The molecule has 0 aliphatic rings. The monoisotopic (exact) mass is 321 g/mol. The molecule has 0 aliphatic heterocycles. The summed E-state index contributed by atoms with van der Waals surface area (Å²) in [5.74, 6) is -0.431. The fourth-order valence-electron chi connectivity index (χ4n) is 1.72. The van der Waals surface area contributed by atoms with Crippen LogP contribution < -0.4 is 5.32 Å². The van der Waals surface area contributed by atoms with E-state index in [0.29, 0.717) is 5.56 Å². The summed E-state index contributed by atoms with van der Waals surface area (Å²) in [6.07, 6.45) is 0. The fraction of sp³-hybridized carbons (Fsp3) is 0.133. The van der Waals surface area contributed by atoms with Gasteiger partial charge < -0.3 is 5.32 Å². The number of carbonyl (C=O) groups excluding carboxylic acids is 1. The van der Waals surface area contributed by atoms with Crippen LogP contribution >= 0.6 is 15.9 Å². The predicted molar refractivity (Wildman–Crippen MR) is 76.4 cm³/mol. The predicted octanol–water partition coefficient (Wildman–Crippen LogP) is 4.08. The molecule has 0 spiro atoms. The van der Waals surface area contributed by atoms with Crippen molar-refractivity contribution in [1.29, 1.82) is 0 Å². The first-order valence-corrected chi connectivity index (χ1v) is 6.67. The second kappa shape index (κ2) is 5.97. The number of hydrogen-bond donors (Lipinski definition) is 1. The molecule has 0 bridgehead atoms. The number of rotatable bonds is 3. The molecule has 1 atom stereocenters. The second-order valence-electron chi connectivity index (χ2n) is 4.25. The van der Waals surface area contributed by atoms with Crippen molar-refractivity contribution in [2.75, 3.05) is 0 Å². The molecule has 0 saturated heterocycles. The molecule has 0 radical (unpaired) electrons. The Morgan fingerprint density at radius 3 is 2.26 bits per heavy atom. The fourth-order valence-corrected chi connectivity index (χ4v) is 1.98. The summed E-state index contributed by atoms with van der Waals surface area (Å²) in [6.45, 7) is 1.87. The van der Waals surface area contributed by atoms with Gasteiger partial charge in [-0.05, 0) is 48.9 Å². The number of carbonyl (C=O) groups is 1. The molecule has 98 valence electrons. The lowest BCUT2D eigenvalue weighted by Gasteiger charge is -2.14. The van der Waals surface area contributed by atoms with Crippen molar-refractivity contribution in [2.45, 2.75) is 13.0 Å². The smallest absolute Gasteiger partial charge is 0.251 e. The van der Waals surface area contributed by atoms with Crippen molar-refractivity contribution < 1.29 is 9.18 Å². The summed E-state index contributed by atoms with van der Waals surface area (Å²) >= 11 is 3.32. The van der Waals surface area contributed by atoms with E-state index in [9.17, 15) is 9.18 Å². The van der Waals surface area contributed by atoms with E-state index >= 15 is 0 Å². The Bertz CT molecular complexity index is 566. The highest BCUT2D eigenvalue weighted by molar-refractivity contribution is 9.10. The van der Waals surface area contributed by atoms with Crippen molar-refractivity contribution in [2.24, 2.45) is 0 Å². The maximum Gasteiger partial charge on any atom is 0.251 e. The molecule has 0 aromatic heterocycles. The van der Waals surface area contributed by atoms with Crippen LogP contribution in [0.25, 0.3) is 0 Å². The van der Waals surface area contributed by atoms with Gasteiger partial charge in [0.1, 0.15) is 5.82 Å². The molecule has 0 saturated carbocycles. The highest BCUT2D eigenvalue weighted by Crippen LogP contribution is 2.15. The zero-order chi connectivity index (χ0) is 13.8. The first-order valence-electron chi connectivity index (χ1n) is 5.88. The Morgan fingerprint density at radius 2 is 1.68 bits per heavy atom. The molecule has 19 heavy (non-hydrogen) atoms. The van der Waals surface area contributed by atoms with Crippen molar-refractivity contribution in [3.05, 3.63) is 69.9 Å². The van der Waals surface area contributed by atoms with Crippen LogP contribution in [0.15, 0.2) is 53.0 Å². The molecule has 0 aliphatic carbocycles. The van der Waals surface area contributed by atoms with Crippen LogP contribution in [-0.4, -0.2) is 5.91 Å². The SMILES string of the molecule is C[C@H](NC(=O)c1ccc(Br)cc1)c1ccc(F)cc1. The third kappa shape index (κ3) is 3.64. The van der Waals surface area contributed by atoms with E-state index in [1.54, 1.807) is 24.3 Å². The quantitative estimate of drug-likeness (QED) is 0.906. The van der Waals surface area contributed by atoms with Gasteiger partial charge in [-0.25, -0.2) is 4.39 Å². The standard InChI is InChI=1S/C15H13BrFNO/c1-10(11-4-8-14(17)9-5-11)18-15(19)12-2-6-13(16)7-3-12/h2-10H,1H3,(H,18,19)/t10-/m0/s1. The van der Waals surface area contributed by atoms with E-state index in [0.717, 1.165) is 10.0 Å². The van der Waals surface area contributed by atoms with E-state index in [-0.39, 0.29) is 17.8 Å². The summed E-state index contributed by atoms with van der Waals surface area (Å²) in [6, 6.07) is 13.1. The normalized spacial score (nSPS) is 11.9. The van der Waals surface area contributed by atoms with E-state index in [2.05, 4.69) is 21.2 Å². The maximum atomic E-state index is 12.8. The molecule has 0 fully saturated rings. The highest BCUT2D eigenvalue weighted by Gasteiger charge is 2.11. The molecular weight excluding hydrogens is 309 g/mol. The van der Waals surface area contributed by atoms with Gasteiger partial charge in [-0.15, -0.1) is 0 Å². The number of nitrogens with one attached hydrogen (secondary N) is 1. The van der Waals surface area contributed by atoms with Crippen LogP contribution in [0.4, 0.5) is 4.39 Å². The Labute approximate surface area is 119 Å². The zero-order valence-electron chi connectivity index (χ0n) is 10.4. The number of halogens is 2. The van der Waals surface area contributed by atoms with Crippen molar-refractivity contribution in [3.63, 3.8) is 0 Å². The van der Waals surface area contributed by atoms with Crippen molar-refractivity contribution in [1.82, 2.24) is 5.32 Å². The number of amides is 1. The van der Waals surface area contributed by atoms with Crippen LogP contribution in [-0.2, 0) is 0 Å². The third-order valence-electron chi connectivity index (χ3n) is 2.82. The maximum absolute atomic E-state index is 12.8. The van der Waals surface area contributed by atoms with Gasteiger partial charge in [0.25, 0.3) is 5.91 Å². The minimum absolute atomic E-state index is 0.149. The zero-order valence-corrected chi connectivity index (χ0v) is 11.9. The minimum atomic E-state index is -0.282. The van der Waals surface area contributed by atoms with Gasteiger partial charge in [0.15, 0.2) is 0 Å². The van der Waals surface area contributed by atoms with Gasteiger partial charge in [0.2, 0.25) is 0 Å². The molecular formula is C15H13BrFNO. The Morgan fingerprint density at radius 1 is 1.11 bits per heavy atom. The van der Waals surface area contributed by atoms with Gasteiger partial charge in [0.05, 0.1) is 6.04 Å². The van der Waals surface area contributed by atoms with Crippen LogP contribution in [0.5, 0.6) is 0 Å². The van der Waals surface area contributed by atoms with Crippen molar-refractivity contribution in [3.8, 4) is 0 Å². The van der Waals surface area contributed by atoms with Crippen molar-refractivity contribution >= 4 is 21.8 Å². The first-order chi connectivity index (χ1) is 9.06. The lowest BCUT2D eigenvalue weighted by Crippen LogP contribution is -2.26. The van der Waals surface area contributed by atoms with Gasteiger partial charge in [-0.1, -0.05) is 28.1 Å². The Kier molecular flexibility index (Phi) is 4.32. The topological polar surface area (TPSA) is 29.1 Å². The molecule has 2 rings (SSSR count). The average molecular weight is 322 g/mol.